The van der Waals surface area contributed by atoms with E-state index in [4.69, 9.17) is 11.6 Å². The predicted molar refractivity (Wildman–Crippen MR) is 76.1 cm³/mol. The van der Waals surface area contributed by atoms with Crippen LogP contribution in [0.5, 0.6) is 0 Å². The maximum absolute atomic E-state index is 6.16. The summed E-state index contributed by atoms with van der Waals surface area (Å²) >= 11 is 6.16. The third-order valence-corrected chi connectivity index (χ3v) is 4.60. The zero-order valence-electron chi connectivity index (χ0n) is 11.6. The Kier molecular flexibility index (Phi) is 4.10. The van der Waals surface area contributed by atoms with Crippen LogP contribution in [0.1, 0.15) is 44.5 Å². The molecule has 1 fully saturated rings. The minimum Gasteiger partial charge on any atom is -0.364 e. The average molecular weight is 268 g/mol. The van der Waals surface area contributed by atoms with Crippen LogP contribution in [0.25, 0.3) is 0 Å². The van der Waals surface area contributed by atoms with E-state index >= 15 is 0 Å². The van der Waals surface area contributed by atoms with E-state index in [1.807, 2.05) is 13.8 Å². The number of hydrogen-bond donors (Lipinski definition) is 1. The second-order valence-electron chi connectivity index (χ2n) is 5.39. The molecular formula is C14H22ClN3. The van der Waals surface area contributed by atoms with Gasteiger partial charge in [0.1, 0.15) is 0 Å². The van der Waals surface area contributed by atoms with Crippen molar-refractivity contribution in [2.75, 3.05) is 5.32 Å². The molecule has 2 rings (SSSR count). The van der Waals surface area contributed by atoms with Gasteiger partial charge in [0, 0.05) is 6.04 Å². The molecule has 0 spiro atoms. The first-order valence-corrected chi connectivity index (χ1v) is 7.18. The molecule has 4 heteroatoms. The molecule has 1 aliphatic carbocycles. The molecule has 1 aliphatic rings. The summed E-state index contributed by atoms with van der Waals surface area (Å²) in [5.41, 5.74) is 1.84. The molecule has 1 heterocycles. The second-order valence-corrected chi connectivity index (χ2v) is 5.75. The lowest BCUT2D eigenvalue weighted by Gasteiger charge is -2.22. The van der Waals surface area contributed by atoms with Gasteiger partial charge in [-0.05, 0) is 38.5 Å². The number of hydrogen-bond acceptors (Lipinski definition) is 3. The summed E-state index contributed by atoms with van der Waals surface area (Å²) in [6.07, 6.45) is 3.75. The Hall–Kier alpha value is -0.830. The zero-order valence-corrected chi connectivity index (χ0v) is 12.4. The number of nitrogens with one attached hydrogen (secondary N) is 1. The third-order valence-electron chi connectivity index (χ3n) is 4.34. The molecular weight excluding hydrogens is 246 g/mol. The molecule has 18 heavy (non-hydrogen) atoms. The zero-order chi connectivity index (χ0) is 13.3. The first-order valence-electron chi connectivity index (χ1n) is 6.80. The van der Waals surface area contributed by atoms with Crippen molar-refractivity contribution in [3.05, 3.63) is 16.5 Å². The van der Waals surface area contributed by atoms with Gasteiger partial charge >= 0.3 is 0 Å². The fourth-order valence-corrected chi connectivity index (χ4v) is 3.09. The van der Waals surface area contributed by atoms with Crippen LogP contribution >= 0.6 is 11.6 Å². The molecule has 3 unspecified atom stereocenters. The highest BCUT2D eigenvalue weighted by Crippen LogP contribution is 2.36. The summed E-state index contributed by atoms with van der Waals surface area (Å²) in [5, 5.41) is 3.98. The molecule has 0 radical (unpaired) electrons. The molecule has 3 atom stereocenters. The summed E-state index contributed by atoms with van der Waals surface area (Å²) in [6.45, 7) is 8.49. The van der Waals surface area contributed by atoms with Gasteiger partial charge in [-0.2, -0.15) is 0 Å². The van der Waals surface area contributed by atoms with Crippen LogP contribution in [0.3, 0.4) is 0 Å². The number of aryl methyl sites for hydroxylation is 2. The Morgan fingerprint density at radius 2 is 1.89 bits per heavy atom. The summed E-state index contributed by atoms with van der Waals surface area (Å²) in [5.74, 6) is 2.24. The van der Waals surface area contributed by atoms with Crippen LogP contribution in [0.2, 0.25) is 5.15 Å². The van der Waals surface area contributed by atoms with E-state index < -0.39 is 0 Å². The second kappa shape index (κ2) is 5.43. The molecule has 0 amide bonds. The first-order chi connectivity index (χ1) is 8.52. The molecule has 1 N–H and O–H groups in total. The summed E-state index contributed by atoms with van der Waals surface area (Å²) < 4.78 is 0. The van der Waals surface area contributed by atoms with Gasteiger partial charge in [-0.1, -0.05) is 31.9 Å². The van der Waals surface area contributed by atoms with E-state index in [0.29, 0.717) is 17.1 Å². The highest BCUT2D eigenvalue weighted by molar-refractivity contribution is 6.31. The standard InChI is InChI=1S/C14H22ClN3/c1-5-11-6-7-12(8(11)2)18-14-13(15)16-9(3)10(4)17-14/h8,11-12H,5-7H2,1-4H3,(H,17,18). The quantitative estimate of drug-likeness (QED) is 0.900. The summed E-state index contributed by atoms with van der Waals surface area (Å²) in [4.78, 5) is 8.84. The molecule has 3 nitrogen and oxygen atoms in total. The normalized spacial score (nSPS) is 27.5. The van der Waals surface area contributed by atoms with Crippen molar-refractivity contribution in [1.29, 1.82) is 0 Å². The van der Waals surface area contributed by atoms with Crippen molar-refractivity contribution in [3.8, 4) is 0 Å². The fraction of sp³-hybridized carbons (Fsp3) is 0.714. The average Bonchev–Trinajstić information content (AvgIpc) is 2.67. The number of anilines is 1. The molecule has 0 saturated heterocycles. The van der Waals surface area contributed by atoms with Gasteiger partial charge in [0.15, 0.2) is 11.0 Å². The number of nitrogens with zero attached hydrogens (tertiary/aromatic N) is 2. The maximum Gasteiger partial charge on any atom is 0.171 e. The van der Waals surface area contributed by atoms with E-state index in [2.05, 4.69) is 29.1 Å². The van der Waals surface area contributed by atoms with Crippen LogP contribution in [-0.4, -0.2) is 16.0 Å². The topological polar surface area (TPSA) is 37.8 Å². The van der Waals surface area contributed by atoms with Crippen LogP contribution in [0.4, 0.5) is 5.82 Å². The molecule has 1 aromatic rings. The van der Waals surface area contributed by atoms with E-state index in [1.54, 1.807) is 0 Å². The molecule has 1 saturated carbocycles. The SMILES string of the molecule is CCC1CCC(Nc2nc(C)c(C)nc2Cl)C1C. The smallest absolute Gasteiger partial charge is 0.171 e. The molecule has 1 aromatic heterocycles. The van der Waals surface area contributed by atoms with Crippen molar-refractivity contribution in [2.45, 2.75) is 53.0 Å². The summed E-state index contributed by atoms with van der Waals surface area (Å²) in [6, 6.07) is 0.476. The lowest BCUT2D eigenvalue weighted by Crippen LogP contribution is -2.25. The highest BCUT2D eigenvalue weighted by Gasteiger charge is 2.32. The third kappa shape index (κ3) is 2.61. The predicted octanol–water partition coefficient (Wildman–Crippen LogP) is 3.98. The Morgan fingerprint density at radius 1 is 1.22 bits per heavy atom. The minimum absolute atomic E-state index is 0.476. The summed E-state index contributed by atoms with van der Waals surface area (Å²) in [7, 11) is 0. The van der Waals surface area contributed by atoms with E-state index in [1.165, 1.54) is 19.3 Å². The molecule has 0 aliphatic heterocycles. The van der Waals surface area contributed by atoms with Gasteiger partial charge in [0.25, 0.3) is 0 Å². The van der Waals surface area contributed by atoms with Gasteiger partial charge in [0.05, 0.1) is 11.4 Å². The van der Waals surface area contributed by atoms with Crippen molar-refractivity contribution >= 4 is 17.4 Å². The number of halogens is 1. The minimum atomic E-state index is 0.476. The molecule has 0 aromatic carbocycles. The molecule has 100 valence electrons. The van der Waals surface area contributed by atoms with E-state index in [9.17, 15) is 0 Å². The largest absolute Gasteiger partial charge is 0.364 e. The van der Waals surface area contributed by atoms with E-state index in [0.717, 1.165) is 23.1 Å². The first kappa shape index (κ1) is 13.6. The number of aromatic nitrogens is 2. The van der Waals surface area contributed by atoms with Crippen LogP contribution in [0.15, 0.2) is 0 Å². The van der Waals surface area contributed by atoms with Gasteiger partial charge in [-0.3, -0.25) is 0 Å². The maximum atomic E-state index is 6.16. The highest BCUT2D eigenvalue weighted by atomic mass is 35.5. The monoisotopic (exact) mass is 267 g/mol. The van der Waals surface area contributed by atoms with Crippen molar-refractivity contribution in [2.24, 2.45) is 11.8 Å². The Labute approximate surface area is 114 Å². The van der Waals surface area contributed by atoms with E-state index in [-0.39, 0.29) is 0 Å². The number of rotatable bonds is 3. The lowest BCUT2D eigenvalue weighted by atomic mass is 9.93. The van der Waals surface area contributed by atoms with Crippen molar-refractivity contribution in [3.63, 3.8) is 0 Å². The Bertz CT molecular complexity index is 433. The Morgan fingerprint density at radius 3 is 2.50 bits per heavy atom. The van der Waals surface area contributed by atoms with Crippen molar-refractivity contribution < 1.29 is 0 Å². The Balaban J connectivity index is 2.13. The molecule has 0 bridgehead atoms. The van der Waals surface area contributed by atoms with Crippen LogP contribution in [0, 0.1) is 25.7 Å². The fourth-order valence-electron chi connectivity index (χ4n) is 2.87. The van der Waals surface area contributed by atoms with Crippen LogP contribution < -0.4 is 5.32 Å². The lowest BCUT2D eigenvalue weighted by molar-refractivity contribution is 0.391. The van der Waals surface area contributed by atoms with Crippen LogP contribution in [-0.2, 0) is 0 Å². The van der Waals surface area contributed by atoms with Gasteiger partial charge in [0.2, 0.25) is 0 Å². The van der Waals surface area contributed by atoms with Gasteiger partial charge in [-0.15, -0.1) is 0 Å². The van der Waals surface area contributed by atoms with Gasteiger partial charge in [-0.25, -0.2) is 9.97 Å². The van der Waals surface area contributed by atoms with Gasteiger partial charge < -0.3 is 5.32 Å². The van der Waals surface area contributed by atoms with Crippen molar-refractivity contribution in [1.82, 2.24) is 9.97 Å².